The number of hydrogen-bond acceptors (Lipinski definition) is 1. The molecular weight excluding hydrogens is 663 g/mol. The van der Waals surface area contributed by atoms with Crippen molar-refractivity contribution in [3.63, 3.8) is 0 Å². The molecule has 0 aliphatic rings. The summed E-state index contributed by atoms with van der Waals surface area (Å²) in [6.45, 7) is 0. The highest BCUT2D eigenvalue weighted by molar-refractivity contribution is 6.04. The van der Waals surface area contributed by atoms with Gasteiger partial charge in [-0.2, -0.15) is 0 Å². The number of rotatable bonds is 7. The van der Waals surface area contributed by atoms with E-state index >= 15 is 0 Å². The van der Waals surface area contributed by atoms with Crippen molar-refractivity contribution >= 4 is 49.4 Å². The van der Waals surface area contributed by atoms with E-state index in [0.717, 1.165) is 50.1 Å². The van der Waals surface area contributed by atoms with E-state index in [0.29, 0.717) is 5.56 Å². The first-order valence-electron chi connectivity index (χ1n) is 21.0. The van der Waals surface area contributed by atoms with Gasteiger partial charge in [0.2, 0.25) is 0 Å². The van der Waals surface area contributed by atoms with E-state index in [1.54, 1.807) is 0 Å². The number of benzene rings is 10. The molecule has 10 rings (SSSR count). The molecule has 0 unspecified atom stereocenters. The number of fused-ring (bicyclic) bond motifs is 3. The fraction of sp³-hybridized carbons (Fsp3) is 0. The maximum atomic E-state index is 8.93. The Morgan fingerprint density at radius 3 is 1.18 bits per heavy atom. The predicted octanol–water partition coefficient (Wildman–Crippen LogP) is 15.3. The second-order valence-corrected chi connectivity index (χ2v) is 13.7. The average Bonchev–Trinajstić information content (AvgIpc) is 3.31. The minimum Gasteiger partial charge on any atom is -0.311 e. The van der Waals surface area contributed by atoms with Gasteiger partial charge in [0, 0.05) is 17.1 Å². The molecule has 0 aliphatic heterocycles. The average molecular weight is 705 g/mol. The fourth-order valence-electron chi connectivity index (χ4n) is 7.93. The summed E-state index contributed by atoms with van der Waals surface area (Å²) in [7, 11) is 0. The molecule has 0 aromatic heterocycles. The molecule has 10 aromatic carbocycles. The molecule has 0 bridgehead atoms. The summed E-state index contributed by atoms with van der Waals surface area (Å²) in [5, 5.41) is 6.56. The van der Waals surface area contributed by atoms with Crippen LogP contribution in [0.5, 0.6) is 0 Å². The Hall–Kier alpha value is -7.22. The van der Waals surface area contributed by atoms with E-state index in [4.69, 9.17) is 6.85 Å². The van der Waals surface area contributed by atoms with Crippen molar-refractivity contribution in [2.24, 2.45) is 0 Å². The molecule has 0 saturated heterocycles. The third kappa shape index (κ3) is 6.02. The molecule has 0 spiro atoms. The molecule has 1 nitrogen and oxygen atoms in total. The van der Waals surface area contributed by atoms with E-state index in [9.17, 15) is 0 Å². The molecule has 0 atom stereocenters. The van der Waals surface area contributed by atoms with E-state index in [-0.39, 0.29) is 29.7 Å². The van der Waals surface area contributed by atoms with Crippen LogP contribution in [0.4, 0.5) is 17.1 Å². The van der Waals surface area contributed by atoms with Crippen LogP contribution < -0.4 is 4.90 Å². The van der Waals surface area contributed by atoms with Crippen LogP contribution in [0, 0.1) is 0 Å². The lowest BCUT2D eigenvalue weighted by Gasteiger charge is -2.26. The van der Waals surface area contributed by atoms with Crippen molar-refractivity contribution in [3.8, 4) is 44.5 Å². The molecule has 1 heteroatoms. The maximum Gasteiger partial charge on any atom is 0.0629 e. The molecule has 55 heavy (non-hydrogen) atoms. The van der Waals surface area contributed by atoms with Crippen LogP contribution >= 0.6 is 0 Å². The lowest BCUT2D eigenvalue weighted by molar-refractivity contribution is 1.28. The monoisotopic (exact) mass is 704 g/mol. The highest BCUT2D eigenvalue weighted by Crippen LogP contribution is 2.42. The van der Waals surface area contributed by atoms with Crippen LogP contribution in [-0.4, -0.2) is 0 Å². The Morgan fingerprint density at radius 1 is 0.291 bits per heavy atom. The molecule has 0 radical (unpaired) electrons. The molecule has 258 valence electrons. The van der Waals surface area contributed by atoms with Crippen molar-refractivity contribution in [3.05, 3.63) is 224 Å². The number of nitrogens with zero attached hydrogens (tertiary/aromatic N) is 1. The third-order valence-corrected chi connectivity index (χ3v) is 10.6. The van der Waals surface area contributed by atoms with Crippen LogP contribution in [0.25, 0.3) is 76.8 Å². The van der Waals surface area contributed by atoms with Crippen molar-refractivity contribution in [2.75, 3.05) is 4.90 Å². The standard InChI is InChI=1S/C54H37N/c1-2-15-44(16-3-1)54-52-21-9-6-14-40(52)30-37-53(54)43-28-35-47(36-29-43)55(45-31-24-41(25-32-45)50-22-10-17-38-12-4-7-19-48(38)50)46-33-26-42(27-34-46)51-23-11-18-39-13-5-8-20-49(39)51/h1-37H/i1D,2D,3D,15D,16D. The zero-order valence-electron chi connectivity index (χ0n) is 34.9. The predicted molar refractivity (Wildman–Crippen MR) is 235 cm³/mol. The second-order valence-electron chi connectivity index (χ2n) is 13.7. The molecule has 0 heterocycles. The number of anilines is 3. The SMILES string of the molecule is [2H]c1c([2H])c([2H])c(-c2c(-c3ccc(N(c4ccc(-c5cccc6ccccc56)cc4)c4ccc(-c5cccc6ccccc56)cc4)cc3)ccc3ccccc23)c([2H])c1[2H]. The molecule has 10 aromatic rings. The van der Waals surface area contributed by atoms with Gasteiger partial charge in [-0.3, -0.25) is 0 Å². The van der Waals surface area contributed by atoms with Gasteiger partial charge in [0.25, 0.3) is 0 Å². The highest BCUT2D eigenvalue weighted by Gasteiger charge is 2.17. The topological polar surface area (TPSA) is 3.24 Å². The summed E-state index contributed by atoms with van der Waals surface area (Å²) in [5.74, 6) is 0. The van der Waals surface area contributed by atoms with Gasteiger partial charge in [-0.15, -0.1) is 0 Å². The fourth-order valence-corrected chi connectivity index (χ4v) is 7.93. The van der Waals surface area contributed by atoms with E-state index in [1.165, 1.54) is 32.7 Å². The first kappa shape index (κ1) is 27.4. The second kappa shape index (κ2) is 14.0. The van der Waals surface area contributed by atoms with Gasteiger partial charge in [-0.05, 0) is 113 Å². The number of hydrogen-bond donors (Lipinski definition) is 0. The van der Waals surface area contributed by atoms with Crippen LogP contribution in [0.3, 0.4) is 0 Å². The largest absolute Gasteiger partial charge is 0.311 e. The van der Waals surface area contributed by atoms with Crippen LogP contribution in [-0.2, 0) is 0 Å². The molecule has 0 saturated carbocycles. The molecule has 0 aliphatic carbocycles. The first-order valence-corrected chi connectivity index (χ1v) is 18.5. The van der Waals surface area contributed by atoms with Crippen molar-refractivity contribution in [1.82, 2.24) is 0 Å². The lowest BCUT2D eigenvalue weighted by Crippen LogP contribution is -2.09. The Kier molecular flexibility index (Phi) is 6.96. The Balaban J connectivity index is 1.10. The first-order chi connectivity index (χ1) is 29.4. The highest BCUT2D eigenvalue weighted by atomic mass is 15.1. The summed E-state index contributed by atoms with van der Waals surface area (Å²) in [6.07, 6.45) is 0. The summed E-state index contributed by atoms with van der Waals surface area (Å²) >= 11 is 0. The zero-order valence-corrected chi connectivity index (χ0v) is 29.9. The van der Waals surface area contributed by atoms with Gasteiger partial charge in [-0.1, -0.05) is 188 Å². The minimum atomic E-state index is -0.407. The Morgan fingerprint density at radius 2 is 0.691 bits per heavy atom. The minimum absolute atomic E-state index is 0.191. The zero-order chi connectivity index (χ0) is 40.9. The van der Waals surface area contributed by atoms with Crippen molar-refractivity contribution < 1.29 is 6.85 Å². The smallest absolute Gasteiger partial charge is 0.0629 e. The van der Waals surface area contributed by atoms with Gasteiger partial charge >= 0.3 is 0 Å². The van der Waals surface area contributed by atoms with Crippen LogP contribution in [0.2, 0.25) is 0 Å². The molecule has 0 amide bonds. The summed E-state index contributed by atoms with van der Waals surface area (Å²) in [4.78, 5) is 2.25. The molecule has 0 fully saturated rings. The summed E-state index contributed by atoms with van der Waals surface area (Å²) in [5.41, 5.74) is 10.0. The van der Waals surface area contributed by atoms with Gasteiger partial charge in [0.05, 0.1) is 6.85 Å². The van der Waals surface area contributed by atoms with E-state index in [2.05, 4.69) is 163 Å². The van der Waals surface area contributed by atoms with Gasteiger partial charge < -0.3 is 4.90 Å². The van der Waals surface area contributed by atoms with Crippen molar-refractivity contribution in [2.45, 2.75) is 0 Å². The quantitative estimate of drug-likeness (QED) is 0.160. The molecule has 0 N–H and O–H groups in total. The van der Waals surface area contributed by atoms with Crippen LogP contribution in [0.15, 0.2) is 224 Å². The van der Waals surface area contributed by atoms with Gasteiger partial charge in [0.15, 0.2) is 0 Å². The van der Waals surface area contributed by atoms with Gasteiger partial charge in [-0.25, -0.2) is 0 Å². The Bertz CT molecular complexity index is 3090. The Labute approximate surface area is 329 Å². The third-order valence-electron chi connectivity index (χ3n) is 10.6. The summed E-state index contributed by atoms with van der Waals surface area (Å²) < 4.78 is 43.1. The normalized spacial score (nSPS) is 12.5. The van der Waals surface area contributed by atoms with Crippen LogP contribution in [0.1, 0.15) is 6.85 Å². The lowest BCUT2D eigenvalue weighted by atomic mass is 9.90. The van der Waals surface area contributed by atoms with Gasteiger partial charge in [0.1, 0.15) is 0 Å². The van der Waals surface area contributed by atoms with E-state index < -0.39 is 6.04 Å². The van der Waals surface area contributed by atoms with Crippen molar-refractivity contribution in [1.29, 1.82) is 0 Å². The molecular formula is C54H37N. The summed E-state index contributed by atoms with van der Waals surface area (Å²) in [6, 6.07) is 65.7. The maximum absolute atomic E-state index is 8.93. The van der Waals surface area contributed by atoms with E-state index in [1.807, 2.05) is 36.4 Å².